The number of esters is 1. The maximum atomic E-state index is 13.3. The lowest BCUT2D eigenvalue weighted by atomic mass is 9.79. The van der Waals surface area contributed by atoms with E-state index in [1.54, 1.807) is 24.0 Å². The fraction of sp³-hybridized carbons (Fsp3) is 0.417. The number of rotatable bonds is 5. The fourth-order valence-corrected chi connectivity index (χ4v) is 3.78. The molecule has 2 aliphatic heterocycles. The first-order valence-corrected chi connectivity index (χ1v) is 10.4. The number of carbonyl (C=O) groups excluding carboxylic acids is 2. The lowest BCUT2D eigenvalue weighted by molar-refractivity contribution is -0.150. The lowest BCUT2D eigenvalue weighted by Gasteiger charge is -2.27. The van der Waals surface area contributed by atoms with Crippen molar-refractivity contribution in [1.29, 1.82) is 0 Å². The molecule has 2 aromatic carbocycles. The predicted molar refractivity (Wildman–Crippen MR) is 111 cm³/mol. The molecular weight excluding hydrogens is 385 g/mol. The standard InChI is InChI=1S/C20H20FNO3.C4H8O/c1-2-25-19(24)20(16-8-10-17(21)11-9-16)12-18(23)22(14-20)13-15-6-4-3-5-7-15;1-2-4-5-3-1/h3-11H,2,12-14H2,1H3;1-4H2. The van der Waals surface area contributed by atoms with Crippen LogP contribution in [0.4, 0.5) is 4.39 Å². The molecule has 0 spiro atoms. The van der Waals surface area contributed by atoms with Crippen LogP contribution in [0.5, 0.6) is 0 Å². The van der Waals surface area contributed by atoms with E-state index in [9.17, 15) is 14.0 Å². The van der Waals surface area contributed by atoms with Gasteiger partial charge in [-0.15, -0.1) is 0 Å². The second kappa shape index (κ2) is 10.3. The van der Waals surface area contributed by atoms with Gasteiger partial charge < -0.3 is 14.4 Å². The highest BCUT2D eigenvalue weighted by Crippen LogP contribution is 2.37. The molecule has 2 aliphatic rings. The van der Waals surface area contributed by atoms with E-state index in [0.717, 1.165) is 18.8 Å². The van der Waals surface area contributed by atoms with E-state index in [0.29, 0.717) is 12.1 Å². The van der Waals surface area contributed by atoms with Gasteiger partial charge in [0.25, 0.3) is 0 Å². The second-order valence-corrected chi connectivity index (χ2v) is 7.54. The van der Waals surface area contributed by atoms with Gasteiger partial charge in [0, 0.05) is 32.7 Å². The van der Waals surface area contributed by atoms with Gasteiger partial charge in [0.15, 0.2) is 0 Å². The van der Waals surface area contributed by atoms with E-state index in [1.807, 2.05) is 30.3 Å². The third-order valence-corrected chi connectivity index (χ3v) is 5.37. The minimum atomic E-state index is -1.09. The van der Waals surface area contributed by atoms with E-state index in [2.05, 4.69) is 0 Å². The normalized spacial score (nSPS) is 20.6. The van der Waals surface area contributed by atoms with Crippen LogP contribution in [-0.4, -0.2) is 43.1 Å². The molecule has 0 saturated carbocycles. The summed E-state index contributed by atoms with van der Waals surface area (Å²) in [5.41, 5.74) is 0.515. The number of nitrogens with zero attached hydrogens (tertiary/aromatic N) is 1. The van der Waals surface area contributed by atoms with Crippen LogP contribution in [0.15, 0.2) is 54.6 Å². The summed E-state index contributed by atoms with van der Waals surface area (Å²) in [6.07, 6.45) is 2.59. The lowest BCUT2D eigenvalue weighted by Crippen LogP contribution is -2.40. The van der Waals surface area contributed by atoms with Crippen LogP contribution in [0.2, 0.25) is 0 Å². The molecule has 6 heteroatoms. The number of likely N-dealkylation sites (tertiary alicyclic amines) is 1. The maximum Gasteiger partial charge on any atom is 0.318 e. The number of hydrogen-bond acceptors (Lipinski definition) is 4. The maximum absolute atomic E-state index is 13.3. The zero-order valence-electron chi connectivity index (χ0n) is 17.3. The average molecular weight is 413 g/mol. The van der Waals surface area contributed by atoms with Gasteiger partial charge in [0.2, 0.25) is 5.91 Å². The van der Waals surface area contributed by atoms with Gasteiger partial charge in [-0.3, -0.25) is 9.59 Å². The molecule has 5 nitrogen and oxygen atoms in total. The van der Waals surface area contributed by atoms with E-state index >= 15 is 0 Å². The Morgan fingerprint density at radius 3 is 2.33 bits per heavy atom. The van der Waals surface area contributed by atoms with Crippen molar-refractivity contribution in [3.63, 3.8) is 0 Å². The van der Waals surface area contributed by atoms with Gasteiger partial charge in [-0.2, -0.15) is 0 Å². The molecule has 2 heterocycles. The van der Waals surface area contributed by atoms with Crippen LogP contribution in [-0.2, 0) is 31.0 Å². The fourth-order valence-electron chi connectivity index (χ4n) is 3.78. The third-order valence-electron chi connectivity index (χ3n) is 5.37. The summed E-state index contributed by atoms with van der Waals surface area (Å²) < 4.78 is 23.5. The molecule has 0 aromatic heterocycles. The van der Waals surface area contributed by atoms with Crippen molar-refractivity contribution in [3.8, 4) is 0 Å². The van der Waals surface area contributed by atoms with Crippen molar-refractivity contribution in [2.24, 2.45) is 0 Å². The Bertz CT molecular complexity index is 828. The van der Waals surface area contributed by atoms with Crippen LogP contribution >= 0.6 is 0 Å². The van der Waals surface area contributed by atoms with E-state index in [1.165, 1.54) is 25.0 Å². The van der Waals surface area contributed by atoms with Crippen LogP contribution in [0.1, 0.15) is 37.3 Å². The first kappa shape index (κ1) is 22.0. The summed E-state index contributed by atoms with van der Waals surface area (Å²) in [6.45, 7) is 4.62. The highest BCUT2D eigenvalue weighted by molar-refractivity contribution is 5.94. The predicted octanol–water partition coefficient (Wildman–Crippen LogP) is 3.86. The molecule has 1 atom stereocenters. The summed E-state index contributed by atoms with van der Waals surface area (Å²) in [5, 5.41) is 0. The molecule has 30 heavy (non-hydrogen) atoms. The zero-order valence-corrected chi connectivity index (χ0v) is 17.3. The van der Waals surface area contributed by atoms with Crippen LogP contribution in [0.3, 0.4) is 0 Å². The van der Waals surface area contributed by atoms with Crippen molar-refractivity contribution in [3.05, 3.63) is 71.5 Å². The highest BCUT2D eigenvalue weighted by atomic mass is 19.1. The summed E-state index contributed by atoms with van der Waals surface area (Å²) in [4.78, 5) is 27.0. The minimum absolute atomic E-state index is 0.0320. The largest absolute Gasteiger partial charge is 0.465 e. The number of ether oxygens (including phenoxy) is 2. The summed E-state index contributed by atoms with van der Waals surface area (Å²) in [5.74, 6) is -0.931. The van der Waals surface area contributed by atoms with Crippen LogP contribution in [0, 0.1) is 5.82 Å². The monoisotopic (exact) mass is 413 g/mol. The Balaban J connectivity index is 0.000000448. The Hall–Kier alpha value is -2.73. The molecule has 160 valence electrons. The van der Waals surface area contributed by atoms with Gasteiger partial charge in [-0.1, -0.05) is 42.5 Å². The van der Waals surface area contributed by atoms with Gasteiger partial charge >= 0.3 is 5.97 Å². The molecule has 0 N–H and O–H groups in total. The molecule has 4 rings (SSSR count). The molecule has 2 fully saturated rings. The van der Waals surface area contributed by atoms with E-state index in [-0.39, 0.29) is 31.3 Å². The minimum Gasteiger partial charge on any atom is -0.465 e. The van der Waals surface area contributed by atoms with Gasteiger partial charge in [0.05, 0.1) is 6.61 Å². The van der Waals surface area contributed by atoms with E-state index < -0.39 is 11.4 Å². The number of carbonyl (C=O) groups is 2. The smallest absolute Gasteiger partial charge is 0.318 e. The molecule has 0 aliphatic carbocycles. The Labute approximate surface area is 176 Å². The molecule has 2 saturated heterocycles. The number of amides is 1. The van der Waals surface area contributed by atoms with E-state index in [4.69, 9.17) is 9.47 Å². The topological polar surface area (TPSA) is 55.8 Å². The van der Waals surface area contributed by atoms with Crippen molar-refractivity contribution >= 4 is 11.9 Å². The quantitative estimate of drug-likeness (QED) is 0.699. The molecule has 0 radical (unpaired) electrons. The SMILES string of the molecule is C1CCOC1.CCOC(=O)C1(c2ccc(F)cc2)CC(=O)N(Cc2ccccc2)C1. The van der Waals surface area contributed by atoms with Crippen molar-refractivity contribution in [1.82, 2.24) is 4.90 Å². The second-order valence-electron chi connectivity index (χ2n) is 7.54. The molecular formula is C24H28FNO4. The molecule has 0 bridgehead atoms. The van der Waals surface area contributed by atoms with Crippen LogP contribution in [0.25, 0.3) is 0 Å². The Morgan fingerprint density at radius 2 is 1.77 bits per heavy atom. The highest BCUT2D eigenvalue weighted by Gasteiger charge is 2.51. The van der Waals surface area contributed by atoms with Crippen molar-refractivity contribution in [2.45, 2.75) is 38.1 Å². The number of hydrogen-bond donors (Lipinski definition) is 0. The average Bonchev–Trinajstić information content (AvgIpc) is 3.43. The first-order chi connectivity index (χ1) is 14.5. The molecule has 2 aromatic rings. The summed E-state index contributed by atoms with van der Waals surface area (Å²) in [6, 6.07) is 15.4. The van der Waals surface area contributed by atoms with Gasteiger partial charge in [0.1, 0.15) is 11.2 Å². The van der Waals surface area contributed by atoms with Gasteiger partial charge in [-0.25, -0.2) is 4.39 Å². The number of benzene rings is 2. The van der Waals surface area contributed by atoms with Crippen LogP contribution < -0.4 is 0 Å². The third kappa shape index (κ3) is 5.25. The zero-order chi connectivity index (χ0) is 21.4. The van der Waals surface area contributed by atoms with Crippen molar-refractivity contribution in [2.75, 3.05) is 26.4 Å². The summed E-state index contributed by atoms with van der Waals surface area (Å²) in [7, 11) is 0. The Morgan fingerprint density at radius 1 is 1.10 bits per heavy atom. The first-order valence-electron chi connectivity index (χ1n) is 10.4. The molecule has 1 amide bonds. The molecule has 1 unspecified atom stereocenters. The summed E-state index contributed by atoms with van der Waals surface area (Å²) >= 11 is 0. The van der Waals surface area contributed by atoms with Crippen molar-refractivity contribution < 1.29 is 23.5 Å². The van der Waals surface area contributed by atoms with Gasteiger partial charge in [-0.05, 0) is 43.0 Å². The Kier molecular flexibility index (Phi) is 7.57. The number of halogens is 1.